The fraction of sp³-hybridized carbons (Fsp3) is 0.941. The first-order valence-corrected chi connectivity index (χ1v) is 8.96. The van der Waals surface area contributed by atoms with Crippen molar-refractivity contribution in [3.8, 4) is 0 Å². The van der Waals surface area contributed by atoms with Gasteiger partial charge in [-0.15, -0.1) is 0 Å². The molecular formula is C17H31N3O. The molecule has 0 aromatic carbocycles. The molecule has 0 spiro atoms. The molecule has 2 saturated carbocycles. The number of likely N-dealkylation sites (N-methyl/N-ethyl adjacent to an activating group) is 1. The van der Waals surface area contributed by atoms with Gasteiger partial charge in [-0.2, -0.15) is 0 Å². The number of piperidine rings is 1. The largest absolute Gasteiger partial charge is 0.368 e. The zero-order valence-corrected chi connectivity index (χ0v) is 13.4. The molecule has 0 bridgehead atoms. The van der Waals surface area contributed by atoms with Crippen molar-refractivity contribution < 1.29 is 4.79 Å². The van der Waals surface area contributed by atoms with Gasteiger partial charge in [0.1, 0.15) is 5.54 Å². The van der Waals surface area contributed by atoms with Gasteiger partial charge in [-0.3, -0.25) is 9.69 Å². The normalized spacial score (nSPS) is 33.2. The van der Waals surface area contributed by atoms with Gasteiger partial charge < -0.3 is 11.1 Å². The molecule has 3 rings (SSSR count). The summed E-state index contributed by atoms with van der Waals surface area (Å²) in [4.78, 5) is 14.9. The SMILES string of the molecule is CCNC(CN1CCC[C@H]2CCCC[C@H]21)(C(N)=O)C1CC1. The number of nitrogens with one attached hydrogen (secondary N) is 1. The molecule has 120 valence electrons. The van der Waals surface area contributed by atoms with Crippen LogP contribution in [0.25, 0.3) is 0 Å². The Labute approximate surface area is 128 Å². The molecule has 1 amide bonds. The molecule has 4 nitrogen and oxygen atoms in total. The van der Waals surface area contributed by atoms with Crippen LogP contribution >= 0.6 is 0 Å². The quantitative estimate of drug-likeness (QED) is 0.786. The fourth-order valence-electron chi connectivity index (χ4n) is 4.83. The molecule has 4 heteroatoms. The highest BCUT2D eigenvalue weighted by Gasteiger charge is 2.51. The predicted molar refractivity (Wildman–Crippen MR) is 84.9 cm³/mol. The molecule has 3 aliphatic rings. The summed E-state index contributed by atoms with van der Waals surface area (Å²) in [6, 6.07) is 0.698. The smallest absolute Gasteiger partial charge is 0.239 e. The summed E-state index contributed by atoms with van der Waals surface area (Å²) in [5.41, 5.74) is 5.38. The summed E-state index contributed by atoms with van der Waals surface area (Å²) < 4.78 is 0. The van der Waals surface area contributed by atoms with Gasteiger partial charge in [0, 0.05) is 12.6 Å². The van der Waals surface area contributed by atoms with Gasteiger partial charge >= 0.3 is 0 Å². The number of hydrogen-bond acceptors (Lipinski definition) is 3. The van der Waals surface area contributed by atoms with Crippen molar-refractivity contribution in [1.82, 2.24) is 10.2 Å². The van der Waals surface area contributed by atoms with Crippen LogP contribution in [0.4, 0.5) is 0 Å². The number of amides is 1. The molecular weight excluding hydrogens is 262 g/mol. The summed E-state index contributed by atoms with van der Waals surface area (Å²) in [5.74, 6) is 1.18. The number of primary amides is 1. The monoisotopic (exact) mass is 293 g/mol. The van der Waals surface area contributed by atoms with Gasteiger partial charge in [0.25, 0.3) is 0 Å². The van der Waals surface area contributed by atoms with Crippen LogP contribution in [0.1, 0.15) is 58.3 Å². The van der Waals surface area contributed by atoms with Crippen LogP contribution in [-0.2, 0) is 4.79 Å². The van der Waals surface area contributed by atoms with Gasteiger partial charge in [0.2, 0.25) is 5.91 Å². The van der Waals surface area contributed by atoms with E-state index in [2.05, 4.69) is 17.1 Å². The predicted octanol–water partition coefficient (Wildman–Crippen LogP) is 1.88. The minimum absolute atomic E-state index is 0.134. The average Bonchev–Trinajstić information content (AvgIpc) is 3.32. The summed E-state index contributed by atoms with van der Waals surface area (Å²) >= 11 is 0. The van der Waals surface area contributed by atoms with Crippen LogP contribution in [0, 0.1) is 11.8 Å². The van der Waals surface area contributed by atoms with Crippen molar-refractivity contribution in [2.24, 2.45) is 17.6 Å². The summed E-state index contributed by atoms with van der Waals surface area (Å²) in [6.45, 7) is 4.89. The van der Waals surface area contributed by atoms with E-state index >= 15 is 0 Å². The Morgan fingerprint density at radius 1 is 1.19 bits per heavy atom. The maximum atomic E-state index is 12.3. The number of nitrogens with zero attached hydrogens (tertiary/aromatic N) is 1. The molecule has 3 fully saturated rings. The van der Waals surface area contributed by atoms with Crippen LogP contribution in [0.2, 0.25) is 0 Å². The Balaban J connectivity index is 1.76. The molecule has 0 aromatic rings. The van der Waals surface area contributed by atoms with Crippen LogP contribution in [0.5, 0.6) is 0 Å². The number of fused-ring (bicyclic) bond motifs is 1. The molecule has 1 unspecified atom stereocenters. The summed E-state index contributed by atoms with van der Waals surface area (Å²) in [5, 5.41) is 3.48. The highest BCUT2D eigenvalue weighted by Crippen LogP contribution is 2.42. The lowest BCUT2D eigenvalue weighted by atomic mass is 9.77. The van der Waals surface area contributed by atoms with Crippen molar-refractivity contribution in [2.45, 2.75) is 69.9 Å². The minimum Gasteiger partial charge on any atom is -0.368 e. The van der Waals surface area contributed by atoms with Crippen molar-refractivity contribution in [3.63, 3.8) is 0 Å². The van der Waals surface area contributed by atoms with Gasteiger partial charge in [0.05, 0.1) is 0 Å². The first-order chi connectivity index (χ1) is 10.2. The van der Waals surface area contributed by atoms with Crippen molar-refractivity contribution in [3.05, 3.63) is 0 Å². The lowest BCUT2D eigenvalue weighted by molar-refractivity contribution is -0.127. The Kier molecular flexibility index (Phi) is 4.55. The standard InChI is InChI=1S/C17H31N3O/c1-2-19-17(16(18)21,14-9-10-14)12-20-11-5-7-13-6-3-4-8-15(13)20/h13-15,19H,2-12H2,1H3,(H2,18,21)/t13-,15-,17?/m1/s1. The average molecular weight is 293 g/mol. The first kappa shape index (κ1) is 15.3. The molecule has 0 radical (unpaired) electrons. The second-order valence-corrected chi connectivity index (χ2v) is 7.36. The van der Waals surface area contributed by atoms with E-state index in [1.165, 1.54) is 38.5 Å². The van der Waals surface area contributed by atoms with E-state index in [0.717, 1.165) is 38.4 Å². The number of likely N-dealkylation sites (tertiary alicyclic amines) is 1. The third-order valence-electron chi connectivity index (χ3n) is 6.02. The van der Waals surface area contributed by atoms with Crippen LogP contribution in [0.15, 0.2) is 0 Å². The first-order valence-electron chi connectivity index (χ1n) is 8.96. The maximum absolute atomic E-state index is 12.3. The number of carbonyl (C=O) groups is 1. The van der Waals surface area contributed by atoms with Gasteiger partial charge in [-0.25, -0.2) is 0 Å². The number of nitrogens with two attached hydrogens (primary N) is 1. The van der Waals surface area contributed by atoms with Gasteiger partial charge in [-0.05, 0) is 63.5 Å². The molecule has 3 N–H and O–H groups in total. The molecule has 1 heterocycles. The van der Waals surface area contributed by atoms with E-state index < -0.39 is 5.54 Å². The summed E-state index contributed by atoms with van der Waals surface area (Å²) in [6.07, 6.45) is 10.4. The molecule has 0 aromatic heterocycles. The number of hydrogen-bond donors (Lipinski definition) is 2. The van der Waals surface area contributed by atoms with Crippen molar-refractivity contribution >= 4 is 5.91 Å². The minimum atomic E-state index is -0.478. The van der Waals surface area contributed by atoms with Crippen molar-refractivity contribution in [2.75, 3.05) is 19.6 Å². The zero-order valence-electron chi connectivity index (χ0n) is 13.4. The van der Waals surface area contributed by atoms with Crippen LogP contribution < -0.4 is 11.1 Å². The van der Waals surface area contributed by atoms with E-state index in [9.17, 15) is 4.79 Å². The Morgan fingerprint density at radius 3 is 2.57 bits per heavy atom. The highest BCUT2D eigenvalue weighted by molar-refractivity contribution is 5.86. The maximum Gasteiger partial charge on any atom is 0.239 e. The lowest BCUT2D eigenvalue weighted by Gasteiger charge is -2.47. The van der Waals surface area contributed by atoms with E-state index in [1.54, 1.807) is 0 Å². The molecule has 2 aliphatic carbocycles. The van der Waals surface area contributed by atoms with E-state index in [0.29, 0.717) is 12.0 Å². The molecule has 21 heavy (non-hydrogen) atoms. The number of rotatable bonds is 6. The Hall–Kier alpha value is -0.610. The molecule has 3 atom stereocenters. The Morgan fingerprint density at radius 2 is 1.90 bits per heavy atom. The third kappa shape index (κ3) is 2.98. The second-order valence-electron chi connectivity index (χ2n) is 7.36. The fourth-order valence-corrected chi connectivity index (χ4v) is 4.83. The van der Waals surface area contributed by atoms with Crippen molar-refractivity contribution in [1.29, 1.82) is 0 Å². The second kappa shape index (κ2) is 6.25. The lowest BCUT2D eigenvalue weighted by Crippen LogP contribution is -2.65. The summed E-state index contributed by atoms with van der Waals surface area (Å²) in [7, 11) is 0. The van der Waals surface area contributed by atoms with E-state index in [4.69, 9.17) is 5.73 Å². The van der Waals surface area contributed by atoms with Crippen LogP contribution in [0.3, 0.4) is 0 Å². The third-order valence-corrected chi connectivity index (χ3v) is 6.02. The van der Waals surface area contributed by atoms with Gasteiger partial charge in [0.15, 0.2) is 0 Å². The van der Waals surface area contributed by atoms with Crippen LogP contribution in [-0.4, -0.2) is 42.0 Å². The molecule has 1 saturated heterocycles. The van der Waals surface area contributed by atoms with Gasteiger partial charge in [-0.1, -0.05) is 19.8 Å². The molecule has 1 aliphatic heterocycles. The Bertz CT molecular complexity index is 380. The van der Waals surface area contributed by atoms with E-state index in [-0.39, 0.29) is 5.91 Å². The topological polar surface area (TPSA) is 58.4 Å². The number of carbonyl (C=O) groups excluding carboxylic acids is 1. The highest BCUT2D eigenvalue weighted by atomic mass is 16.1. The van der Waals surface area contributed by atoms with E-state index in [1.807, 2.05) is 0 Å². The zero-order chi connectivity index (χ0) is 14.9.